The minimum absolute atomic E-state index is 0.147. The highest BCUT2D eigenvalue weighted by Crippen LogP contribution is 2.21. The SMILES string of the molecule is CS(=O)(=O)N(CCCC(=O)Nc1ccc(Cc2ccncc2)cc1)c1ccc(Br)cc1. The highest BCUT2D eigenvalue weighted by molar-refractivity contribution is 9.10. The van der Waals surface area contributed by atoms with Crippen molar-refractivity contribution in [3.63, 3.8) is 0 Å². The minimum atomic E-state index is -3.44. The van der Waals surface area contributed by atoms with Gasteiger partial charge in [0.15, 0.2) is 0 Å². The zero-order valence-corrected chi connectivity index (χ0v) is 19.6. The van der Waals surface area contributed by atoms with Gasteiger partial charge in [-0.3, -0.25) is 14.1 Å². The van der Waals surface area contributed by atoms with E-state index in [4.69, 9.17) is 0 Å². The summed E-state index contributed by atoms with van der Waals surface area (Å²) in [6.45, 7) is 0.235. The fourth-order valence-corrected chi connectivity index (χ4v) is 4.37. The van der Waals surface area contributed by atoms with Crippen molar-refractivity contribution in [1.82, 2.24) is 4.98 Å². The number of nitrogens with zero attached hydrogens (tertiary/aromatic N) is 2. The van der Waals surface area contributed by atoms with Gasteiger partial charge in [-0.1, -0.05) is 28.1 Å². The van der Waals surface area contributed by atoms with Gasteiger partial charge in [-0.05, 0) is 72.5 Å². The number of rotatable bonds is 9. The first-order chi connectivity index (χ1) is 14.8. The second-order valence-corrected chi connectivity index (χ2v) is 10.0. The van der Waals surface area contributed by atoms with Crippen LogP contribution in [0.3, 0.4) is 0 Å². The number of carbonyl (C=O) groups excluding carboxylic acids is 1. The molecule has 1 N–H and O–H groups in total. The van der Waals surface area contributed by atoms with Gasteiger partial charge in [0, 0.05) is 35.5 Å². The molecule has 8 heteroatoms. The lowest BCUT2D eigenvalue weighted by Gasteiger charge is -2.22. The Bertz CT molecular complexity index is 1100. The molecule has 2 aromatic carbocycles. The quantitative estimate of drug-likeness (QED) is 0.463. The second-order valence-electron chi connectivity index (χ2n) is 7.19. The number of pyridine rings is 1. The Labute approximate surface area is 191 Å². The number of nitrogens with one attached hydrogen (secondary N) is 1. The summed E-state index contributed by atoms with van der Waals surface area (Å²) < 4.78 is 26.5. The molecule has 31 heavy (non-hydrogen) atoms. The Morgan fingerprint density at radius 3 is 2.19 bits per heavy atom. The van der Waals surface area contributed by atoms with Crippen LogP contribution in [0.4, 0.5) is 11.4 Å². The summed E-state index contributed by atoms with van der Waals surface area (Å²) in [5, 5.41) is 2.87. The van der Waals surface area contributed by atoms with Gasteiger partial charge in [-0.2, -0.15) is 0 Å². The average Bonchev–Trinajstić information content (AvgIpc) is 2.73. The van der Waals surface area contributed by atoms with E-state index in [0.717, 1.165) is 22.1 Å². The van der Waals surface area contributed by atoms with Crippen LogP contribution in [0.15, 0.2) is 77.5 Å². The van der Waals surface area contributed by atoms with Crippen molar-refractivity contribution in [2.45, 2.75) is 19.3 Å². The average molecular weight is 502 g/mol. The molecule has 0 aliphatic rings. The first-order valence-electron chi connectivity index (χ1n) is 9.82. The summed E-state index contributed by atoms with van der Waals surface area (Å²) in [7, 11) is -3.44. The third kappa shape index (κ3) is 7.18. The molecule has 0 bridgehead atoms. The summed E-state index contributed by atoms with van der Waals surface area (Å²) in [5.41, 5.74) is 3.61. The third-order valence-electron chi connectivity index (χ3n) is 4.68. The molecule has 0 aliphatic heterocycles. The lowest BCUT2D eigenvalue weighted by atomic mass is 10.1. The predicted octanol–water partition coefficient (Wildman–Crippen LogP) is 4.62. The monoisotopic (exact) mass is 501 g/mol. The largest absolute Gasteiger partial charge is 0.326 e. The van der Waals surface area contributed by atoms with Crippen LogP contribution in [0.2, 0.25) is 0 Å². The highest BCUT2D eigenvalue weighted by atomic mass is 79.9. The molecule has 3 aromatic rings. The molecule has 0 spiro atoms. The lowest BCUT2D eigenvalue weighted by molar-refractivity contribution is -0.116. The van der Waals surface area contributed by atoms with Gasteiger partial charge < -0.3 is 5.32 Å². The first-order valence-corrected chi connectivity index (χ1v) is 12.5. The Kier molecular flexibility index (Phi) is 7.81. The molecule has 0 saturated carbocycles. The van der Waals surface area contributed by atoms with Gasteiger partial charge in [0.05, 0.1) is 11.9 Å². The standard InChI is InChI=1S/C23H24BrN3O3S/c1-31(29,30)27(22-10-6-20(24)7-11-22)16-2-3-23(28)26-21-8-4-18(5-9-21)17-19-12-14-25-15-13-19/h4-15H,2-3,16-17H2,1H3,(H,26,28). The first kappa shape index (κ1) is 23.0. The van der Waals surface area contributed by atoms with Crippen LogP contribution < -0.4 is 9.62 Å². The number of benzene rings is 2. The lowest BCUT2D eigenvalue weighted by Crippen LogP contribution is -2.31. The van der Waals surface area contributed by atoms with E-state index in [-0.39, 0.29) is 18.9 Å². The minimum Gasteiger partial charge on any atom is -0.326 e. The van der Waals surface area contributed by atoms with Crippen molar-refractivity contribution in [1.29, 1.82) is 0 Å². The van der Waals surface area contributed by atoms with E-state index in [9.17, 15) is 13.2 Å². The Morgan fingerprint density at radius 2 is 1.58 bits per heavy atom. The van der Waals surface area contributed by atoms with E-state index >= 15 is 0 Å². The Balaban J connectivity index is 1.51. The zero-order valence-electron chi connectivity index (χ0n) is 17.2. The Hall–Kier alpha value is -2.71. The Morgan fingerprint density at radius 1 is 0.968 bits per heavy atom. The molecule has 0 atom stereocenters. The maximum atomic E-state index is 12.3. The van der Waals surface area contributed by atoms with Crippen molar-refractivity contribution >= 4 is 43.2 Å². The molecule has 0 saturated heterocycles. The van der Waals surface area contributed by atoms with Gasteiger partial charge in [0.25, 0.3) is 0 Å². The number of aromatic nitrogens is 1. The number of hydrogen-bond donors (Lipinski definition) is 1. The molecule has 6 nitrogen and oxygen atoms in total. The summed E-state index contributed by atoms with van der Waals surface area (Å²) in [6.07, 6.45) is 6.14. The van der Waals surface area contributed by atoms with E-state index < -0.39 is 10.0 Å². The number of hydrogen-bond acceptors (Lipinski definition) is 4. The normalized spacial score (nSPS) is 11.2. The zero-order chi connectivity index (χ0) is 22.3. The number of anilines is 2. The van der Waals surface area contributed by atoms with Gasteiger partial charge in [-0.25, -0.2) is 8.42 Å². The number of halogens is 1. The van der Waals surface area contributed by atoms with Crippen LogP contribution in [0.1, 0.15) is 24.0 Å². The summed E-state index contributed by atoms with van der Waals surface area (Å²) >= 11 is 3.35. The molecule has 1 aromatic heterocycles. The van der Waals surface area contributed by atoms with Crippen LogP contribution >= 0.6 is 15.9 Å². The predicted molar refractivity (Wildman–Crippen MR) is 128 cm³/mol. The van der Waals surface area contributed by atoms with Crippen molar-refractivity contribution in [2.24, 2.45) is 0 Å². The summed E-state index contributed by atoms with van der Waals surface area (Å²) in [5.74, 6) is -0.147. The molecule has 1 amide bonds. The van der Waals surface area contributed by atoms with Crippen LogP contribution in [-0.2, 0) is 21.2 Å². The van der Waals surface area contributed by atoms with Crippen LogP contribution in [0, 0.1) is 0 Å². The van der Waals surface area contributed by atoms with E-state index in [0.29, 0.717) is 12.1 Å². The van der Waals surface area contributed by atoms with Gasteiger partial charge in [0.2, 0.25) is 15.9 Å². The van der Waals surface area contributed by atoms with Crippen molar-refractivity contribution in [3.8, 4) is 0 Å². The second kappa shape index (κ2) is 10.5. The van der Waals surface area contributed by atoms with Crippen LogP contribution in [0.5, 0.6) is 0 Å². The molecule has 0 aliphatic carbocycles. The number of carbonyl (C=O) groups is 1. The van der Waals surface area contributed by atoms with Crippen molar-refractivity contribution in [3.05, 3.63) is 88.7 Å². The molecular weight excluding hydrogens is 478 g/mol. The maximum Gasteiger partial charge on any atom is 0.232 e. The van der Waals surface area contributed by atoms with E-state index in [2.05, 4.69) is 26.2 Å². The van der Waals surface area contributed by atoms with Crippen LogP contribution in [0.25, 0.3) is 0 Å². The molecule has 0 radical (unpaired) electrons. The number of amides is 1. The van der Waals surface area contributed by atoms with Gasteiger partial charge in [-0.15, -0.1) is 0 Å². The summed E-state index contributed by atoms with van der Waals surface area (Å²) in [4.78, 5) is 16.3. The van der Waals surface area contributed by atoms with E-state index in [1.807, 2.05) is 36.4 Å². The highest BCUT2D eigenvalue weighted by Gasteiger charge is 2.17. The topological polar surface area (TPSA) is 79.4 Å². The van der Waals surface area contributed by atoms with Crippen molar-refractivity contribution < 1.29 is 13.2 Å². The molecule has 0 unspecified atom stereocenters. The number of sulfonamides is 1. The van der Waals surface area contributed by atoms with Gasteiger partial charge in [0.1, 0.15) is 0 Å². The fraction of sp³-hybridized carbons (Fsp3) is 0.217. The molecular formula is C23H24BrN3O3S. The molecule has 3 rings (SSSR count). The van der Waals surface area contributed by atoms with Gasteiger partial charge >= 0.3 is 0 Å². The van der Waals surface area contributed by atoms with E-state index in [1.54, 1.807) is 36.7 Å². The van der Waals surface area contributed by atoms with Crippen molar-refractivity contribution in [2.75, 3.05) is 22.4 Å². The smallest absolute Gasteiger partial charge is 0.232 e. The molecule has 1 heterocycles. The fourth-order valence-electron chi connectivity index (χ4n) is 3.14. The summed E-state index contributed by atoms with van der Waals surface area (Å²) in [6, 6.07) is 18.7. The van der Waals surface area contributed by atoms with Crippen LogP contribution in [-0.4, -0.2) is 32.1 Å². The maximum absolute atomic E-state index is 12.3. The molecule has 162 valence electrons. The van der Waals surface area contributed by atoms with E-state index in [1.165, 1.54) is 16.1 Å². The third-order valence-corrected chi connectivity index (χ3v) is 6.40. The molecule has 0 fully saturated rings.